The van der Waals surface area contributed by atoms with Crippen LogP contribution >= 0.6 is 0 Å². The largest absolute Gasteiger partial charge is 0.444 e. The van der Waals surface area contributed by atoms with E-state index in [1.165, 1.54) is 0 Å². The summed E-state index contributed by atoms with van der Waals surface area (Å²) < 4.78 is 11.2. The number of hydrogen-bond donors (Lipinski definition) is 0. The van der Waals surface area contributed by atoms with Crippen LogP contribution in [-0.2, 0) is 9.47 Å². The smallest absolute Gasteiger partial charge is 0.410 e. The van der Waals surface area contributed by atoms with E-state index in [9.17, 15) is 4.79 Å². The van der Waals surface area contributed by atoms with E-state index in [1.54, 1.807) is 4.90 Å². The van der Waals surface area contributed by atoms with Crippen molar-refractivity contribution in [2.45, 2.75) is 64.5 Å². The molecule has 1 aliphatic rings. The molecule has 1 rings (SSSR count). The number of ether oxygens (including phenoxy) is 2. The molecular weight excluding hydrogens is 358 g/mol. The predicted octanol–water partition coefficient (Wildman–Crippen LogP) is 3.82. The first-order valence-electron chi connectivity index (χ1n) is 10.1. The molecule has 0 atom stereocenters. The molecule has 28 heavy (non-hydrogen) atoms. The van der Waals surface area contributed by atoms with Gasteiger partial charge in [0.1, 0.15) is 5.60 Å². The van der Waals surface area contributed by atoms with Crippen LogP contribution in [0, 0.1) is 12.3 Å². The number of hydrogen-bond acceptors (Lipinski definition) is 5. The molecule has 0 aromatic carbocycles. The first-order chi connectivity index (χ1) is 13.4. The Hall–Kier alpha value is -1.94. The highest BCUT2D eigenvalue weighted by atomic mass is 16.6. The van der Waals surface area contributed by atoms with E-state index in [4.69, 9.17) is 21.4 Å². The Morgan fingerprint density at radius 3 is 2.57 bits per heavy atom. The fraction of sp³-hybridized carbons (Fsp3) is 0.850. The Morgan fingerprint density at radius 2 is 1.96 bits per heavy atom. The van der Waals surface area contributed by atoms with Gasteiger partial charge in [-0.25, -0.2) is 4.79 Å². The molecular formula is C20H35N5O3. The Labute approximate surface area is 169 Å². The molecule has 0 aliphatic carbocycles. The molecule has 1 amide bonds. The molecule has 0 aromatic rings. The Kier molecular flexibility index (Phi) is 11.4. The van der Waals surface area contributed by atoms with Crippen molar-refractivity contribution in [3.63, 3.8) is 0 Å². The second-order valence-electron chi connectivity index (χ2n) is 8.02. The van der Waals surface area contributed by atoms with Crippen LogP contribution in [0.15, 0.2) is 5.11 Å². The molecule has 0 unspecified atom stereocenters. The minimum absolute atomic E-state index is 0.135. The summed E-state index contributed by atoms with van der Waals surface area (Å²) in [5.41, 5.74) is 7.97. The number of terminal acetylenes is 1. The highest BCUT2D eigenvalue weighted by Crippen LogP contribution is 2.13. The zero-order valence-corrected chi connectivity index (χ0v) is 17.6. The van der Waals surface area contributed by atoms with Gasteiger partial charge >= 0.3 is 6.09 Å². The van der Waals surface area contributed by atoms with Crippen LogP contribution in [0.3, 0.4) is 0 Å². The summed E-state index contributed by atoms with van der Waals surface area (Å²) in [6.07, 6.45) is 8.99. The highest BCUT2D eigenvalue weighted by molar-refractivity contribution is 5.68. The fourth-order valence-corrected chi connectivity index (χ4v) is 2.98. The third-order valence-corrected chi connectivity index (χ3v) is 4.44. The van der Waals surface area contributed by atoms with Crippen molar-refractivity contribution in [3.8, 4) is 12.3 Å². The van der Waals surface area contributed by atoms with E-state index in [0.717, 1.165) is 45.3 Å². The molecule has 1 saturated heterocycles. The molecule has 0 radical (unpaired) electrons. The van der Waals surface area contributed by atoms with Crippen molar-refractivity contribution >= 4 is 6.09 Å². The molecule has 158 valence electrons. The third kappa shape index (κ3) is 11.0. The number of amides is 1. The Morgan fingerprint density at radius 1 is 1.29 bits per heavy atom. The summed E-state index contributed by atoms with van der Waals surface area (Å²) in [5.74, 6) is 2.60. The molecule has 0 saturated carbocycles. The third-order valence-electron chi connectivity index (χ3n) is 4.44. The standard InChI is InChI=1S/C20H35N5O3/c1-5-6-7-11-25(19(26)28-20(2,3)4)12-8-16-27-17-15-24-13-9-18(10-14-24)22-23-21/h1,18H,6-17H2,2-4H3. The minimum atomic E-state index is -0.510. The molecule has 1 aliphatic heterocycles. The molecule has 0 N–H and O–H groups in total. The van der Waals surface area contributed by atoms with Crippen molar-refractivity contribution in [1.82, 2.24) is 9.80 Å². The molecule has 0 bridgehead atoms. The van der Waals surface area contributed by atoms with Crippen LogP contribution < -0.4 is 0 Å². The van der Waals surface area contributed by atoms with Crippen molar-refractivity contribution in [3.05, 3.63) is 10.4 Å². The zero-order chi connectivity index (χ0) is 20.8. The normalized spacial score (nSPS) is 15.5. The maximum Gasteiger partial charge on any atom is 0.410 e. The molecule has 8 heteroatoms. The summed E-state index contributed by atoms with van der Waals surface area (Å²) in [7, 11) is 0. The van der Waals surface area contributed by atoms with Gasteiger partial charge in [0.2, 0.25) is 0 Å². The second kappa shape index (κ2) is 13.3. The first kappa shape index (κ1) is 24.1. The fourth-order valence-electron chi connectivity index (χ4n) is 2.98. The molecule has 0 aromatic heterocycles. The average molecular weight is 394 g/mol. The van der Waals surface area contributed by atoms with Crippen LogP contribution in [0.2, 0.25) is 0 Å². The second-order valence-corrected chi connectivity index (χ2v) is 8.02. The van der Waals surface area contributed by atoms with E-state index < -0.39 is 5.60 Å². The van der Waals surface area contributed by atoms with Gasteiger partial charge < -0.3 is 19.3 Å². The van der Waals surface area contributed by atoms with Crippen molar-refractivity contribution < 1.29 is 14.3 Å². The summed E-state index contributed by atoms with van der Waals surface area (Å²) in [6, 6.07) is 0.135. The lowest BCUT2D eigenvalue weighted by Gasteiger charge is -2.29. The van der Waals surface area contributed by atoms with Gasteiger partial charge in [-0.1, -0.05) is 5.11 Å². The SMILES string of the molecule is C#CCCCN(CCCOCCN1CCC(N=[N+]=[N-])CC1)C(=O)OC(C)(C)C. The Bertz CT molecular complexity index is 541. The number of unbranched alkanes of at least 4 members (excludes halogenated alkanes) is 1. The van der Waals surface area contributed by atoms with Crippen LogP contribution in [0.1, 0.15) is 52.9 Å². The van der Waals surface area contributed by atoms with E-state index in [-0.39, 0.29) is 12.1 Å². The number of carbonyl (C=O) groups is 1. The zero-order valence-electron chi connectivity index (χ0n) is 17.6. The van der Waals surface area contributed by atoms with Gasteiger partial charge in [0.05, 0.1) is 6.61 Å². The van der Waals surface area contributed by atoms with Crippen LogP contribution in [0.25, 0.3) is 10.4 Å². The van der Waals surface area contributed by atoms with Gasteiger partial charge in [-0.15, -0.1) is 12.3 Å². The van der Waals surface area contributed by atoms with Gasteiger partial charge in [0.25, 0.3) is 0 Å². The quantitative estimate of drug-likeness (QED) is 0.175. The van der Waals surface area contributed by atoms with Crippen molar-refractivity contribution in [2.75, 3.05) is 45.9 Å². The van der Waals surface area contributed by atoms with Gasteiger partial charge in [-0.3, -0.25) is 0 Å². The van der Waals surface area contributed by atoms with Crippen LogP contribution in [0.5, 0.6) is 0 Å². The van der Waals surface area contributed by atoms with Crippen molar-refractivity contribution in [1.29, 1.82) is 0 Å². The van der Waals surface area contributed by atoms with Gasteiger partial charge in [-0.2, -0.15) is 0 Å². The van der Waals surface area contributed by atoms with Crippen molar-refractivity contribution in [2.24, 2.45) is 5.11 Å². The first-order valence-corrected chi connectivity index (χ1v) is 10.1. The summed E-state index contributed by atoms with van der Waals surface area (Å²) >= 11 is 0. The number of nitrogens with zero attached hydrogens (tertiary/aromatic N) is 5. The lowest BCUT2D eigenvalue weighted by molar-refractivity contribution is 0.0222. The van der Waals surface area contributed by atoms with Crippen LogP contribution in [0.4, 0.5) is 4.79 Å². The number of carbonyl (C=O) groups excluding carboxylic acids is 1. The van der Waals surface area contributed by atoms with Gasteiger partial charge in [0, 0.05) is 43.6 Å². The number of azide groups is 1. The summed E-state index contributed by atoms with van der Waals surface area (Å²) in [5, 5.41) is 3.79. The van der Waals surface area contributed by atoms with E-state index in [2.05, 4.69) is 20.8 Å². The number of likely N-dealkylation sites (tertiary alicyclic amines) is 1. The van der Waals surface area contributed by atoms with Crippen LogP contribution in [-0.4, -0.2) is 73.5 Å². The lowest BCUT2D eigenvalue weighted by atomic mass is 10.1. The van der Waals surface area contributed by atoms with Gasteiger partial charge in [-0.05, 0) is 65.1 Å². The molecule has 1 heterocycles. The van der Waals surface area contributed by atoms with E-state index >= 15 is 0 Å². The predicted molar refractivity (Wildman–Crippen MR) is 110 cm³/mol. The maximum atomic E-state index is 12.3. The van der Waals surface area contributed by atoms with E-state index in [1.807, 2.05) is 20.8 Å². The topological polar surface area (TPSA) is 90.8 Å². The molecule has 8 nitrogen and oxygen atoms in total. The lowest BCUT2D eigenvalue weighted by Crippen LogP contribution is -2.38. The highest BCUT2D eigenvalue weighted by Gasteiger charge is 2.21. The summed E-state index contributed by atoms with van der Waals surface area (Å²) in [4.78, 5) is 19.3. The minimum Gasteiger partial charge on any atom is -0.444 e. The number of rotatable bonds is 11. The Balaban J connectivity index is 2.21. The molecule has 1 fully saturated rings. The monoisotopic (exact) mass is 393 g/mol. The summed E-state index contributed by atoms with van der Waals surface area (Å²) in [6.45, 7) is 10.8. The maximum absolute atomic E-state index is 12.3. The molecule has 0 spiro atoms. The number of piperidine rings is 1. The average Bonchev–Trinajstić information content (AvgIpc) is 2.63. The van der Waals surface area contributed by atoms with E-state index in [0.29, 0.717) is 32.7 Å². The van der Waals surface area contributed by atoms with Gasteiger partial charge in [0.15, 0.2) is 0 Å².